The molecule has 20 heavy (non-hydrogen) atoms. The van der Waals surface area contributed by atoms with Crippen molar-refractivity contribution in [2.45, 2.75) is 13.3 Å². The van der Waals surface area contributed by atoms with Crippen molar-refractivity contribution >= 4 is 22.6 Å². The summed E-state index contributed by atoms with van der Waals surface area (Å²) in [6, 6.07) is 13.8. The largest absolute Gasteiger partial charge is 0.339 e. The number of fused-ring (bicyclic) bond motifs is 1. The Morgan fingerprint density at radius 2 is 2.05 bits per heavy atom. The number of hydrogen-bond acceptors (Lipinski definition) is 2. The molecule has 3 rings (SSSR count). The van der Waals surface area contributed by atoms with E-state index in [-0.39, 0.29) is 5.91 Å². The van der Waals surface area contributed by atoms with E-state index in [9.17, 15) is 4.79 Å². The van der Waals surface area contributed by atoms with Gasteiger partial charge in [-0.1, -0.05) is 19.1 Å². The average Bonchev–Trinajstić information content (AvgIpc) is 2.91. The molecular formula is C16H15N3O. The first-order chi connectivity index (χ1) is 9.76. The van der Waals surface area contributed by atoms with Crippen LogP contribution in [0.4, 0.5) is 5.69 Å². The molecule has 2 N–H and O–H groups in total. The molecule has 0 bridgehead atoms. The molecule has 2 heterocycles. The number of aromatic nitrogens is 2. The molecule has 0 fully saturated rings. The van der Waals surface area contributed by atoms with Gasteiger partial charge in [-0.3, -0.25) is 4.79 Å². The van der Waals surface area contributed by atoms with Crippen LogP contribution >= 0.6 is 0 Å². The third kappa shape index (κ3) is 2.40. The minimum absolute atomic E-state index is 0.0209. The van der Waals surface area contributed by atoms with Crippen LogP contribution in [0.1, 0.15) is 13.3 Å². The molecule has 1 aromatic carbocycles. The van der Waals surface area contributed by atoms with Crippen molar-refractivity contribution in [2.24, 2.45) is 0 Å². The molecule has 4 heteroatoms. The van der Waals surface area contributed by atoms with Crippen LogP contribution in [-0.2, 0) is 4.79 Å². The smallest absolute Gasteiger partial charge is 0.224 e. The number of nitrogens with one attached hydrogen (secondary N) is 2. The van der Waals surface area contributed by atoms with E-state index in [0.717, 1.165) is 28.0 Å². The van der Waals surface area contributed by atoms with Crippen molar-refractivity contribution in [3.63, 3.8) is 0 Å². The van der Waals surface area contributed by atoms with Gasteiger partial charge in [-0.05, 0) is 35.9 Å². The number of carbonyl (C=O) groups excluding carboxylic acids is 1. The number of amides is 1. The highest BCUT2D eigenvalue weighted by Crippen LogP contribution is 2.24. The van der Waals surface area contributed by atoms with E-state index in [1.807, 2.05) is 43.3 Å². The van der Waals surface area contributed by atoms with Crippen LogP contribution in [0.5, 0.6) is 0 Å². The van der Waals surface area contributed by atoms with Crippen molar-refractivity contribution in [2.75, 3.05) is 5.32 Å². The summed E-state index contributed by atoms with van der Waals surface area (Å²) >= 11 is 0. The number of pyridine rings is 1. The van der Waals surface area contributed by atoms with E-state index in [4.69, 9.17) is 0 Å². The van der Waals surface area contributed by atoms with Crippen molar-refractivity contribution in [1.29, 1.82) is 0 Å². The molecule has 0 aliphatic carbocycles. The lowest BCUT2D eigenvalue weighted by Crippen LogP contribution is -2.08. The van der Waals surface area contributed by atoms with Crippen LogP contribution in [0.3, 0.4) is 0 Å². The first-order valence-electron chi connectivity index (χ1n) is 6.60. The second-order valence-electron chi connectivity index (χ2n) is 4.60. The number of carbonyl (C=O) groups is 1. The number of rotatable bonds is 3. The fourth-order valence-corrected chi connectivity index (χ4v) is 2.10. The van der Waals surface area contributed by atoms with Gasteiger partial charge >= 0.3 is 0 Å². The summed E-state index contributed by atoms with van der Waals surface area (Å²) in [5.41, 5.74) is 3.78. The fourth-order valence-electron chi connectivity index (χ4n) is 2.10. The number of anilines is 1. The highest BCUT2D eigenvalue weighted by atomic mass is 16.1. The summed E-state index contributed by atoms with van der Waals surface area (Å²) in [5.74, 6) is 0.0209. The van der Waals surface area contributed by atoms with Gasteiger partial charge in [0.25, 0.3) is 0 Å². The van der Waals surface area contributed by atoms with E-state index in [2.05, 4.69) is 21.4 Å². The molecule has 0 saturated carbocycles. The molecule has 0 unspecified atom stereocenters. The first kappa shape index (κ1) is 12.4. The topological polar surface area (TPSA) is 57.8 Å². The predicted octanol–water partition coefficient (Wildman–Crippen LogP) is 3.58. The molecule has 4 nitrogen and oxygen atoms in total. The summed E-state index contributed by atoms with van der Waals surface area (Å²) in [5, 5.41) is 3.92. The SMILES string of the molecule is CCC(=O)Nc1ccc(-c2cc3cccnc3[nH]2)cc1. The molecule has 100 valence electrons. The number of benzene rings is 1. The lowest BCUT2D eigenvalue weighted by Gasteiger charge is -2.04. The first-order valence-corrected chi connectivity index (χ1v) is 6.60. The van der Waals surface area contributed by atoms with Gasteiger partial charge in [0.05, 0.1) is 0 Å². The Morgan fingerprint density at radius 1 is 1.25 bits per heavy atom. The van der Waals surface area contributed by atoms with E-state index in [1.165, 1.54) is 0 Å². The summed E-state index contributed by atoms with van der Waals surface area (Å²) < 4.78 is 0. The van der Waals surface area contributed by atoms with Gasteiger partial charge in [-0.2, -0.15) is 0 Å². The molecule has 0 radical (unpaired) electrons. The Hall–Kier alpha value is -2.62. The van der Waals surface area contributed by atoms with Gasteiger partial charge in [0, 0.05) is 29.4 Å². The predicted molar refractivity (Wildman–Crippen MR) is 80.5 cm³/mol. The highest BCUT2D eigenvalue weighted by Gasteiger charge is 2.04. The number of nitrogens with zero attached hydrogens (tertiary/aromatic N) is 1. The zero-order valence-corrected chi connectivity index (χ0v) is 11.2. The van der Waals surface area contributed by atoms with Crippen LogP contribution in [0.25, 0.3) is 22.3 Å². The maximum Gasteiger partial charge on any atom is 0.224 e. The highest BCUT2D eigenvalue weighted by molar-refractivity contribution is 5.91. The van der Waals surface area contributed by atoms with Gasteiger partial charge in [-0.25, -0.2) is 4.98 Å². The molecule has 3 aromatic rings. The zero-order chi connectivity index (χ0) is 13.9. The zero-order valence-electron chi connectivity index (χ0n) is 11.2. The second-order valence-corrected chi connectivity index (χ2v) is 4.60. The van der Waals surface area contributed by atoms with Crippen LogP contribution in [0, 0.1) is 0 Å². The van der Waals surface area contributed by atoms with Crippen molar-refractivity contribution < 1.29 is 4.79 Å². The maximum absolute atomic E-state index is 11.3. The minimum atomic E-state index is 0.0209. The van der Waals surface area contributed by atoms with Crippen molar-refractivity contribution in [1.82, 2.24) is 9.97 Å². The van der Waals surface area contributed by atoms with Gasteiger partial charge in [0.1, 0.15) is 5.65 Å². The Kier molecular flexibility index (Phi) is 3.21. The molecule has 1 amide bonds. The van der Waals surface area contributed by atoms with Crippen LogP contribution < -0.4 is 5.32 Å². The minimum Gasteiger partial charge on any atom is -0.339 e. The van der Waals surface area contributed by atoms with Gasteiger partial charge in [0.15, 0.2) is 0 Å². The Labute approximate surface area is 116 Å². The second kappa shape index (κ2) is 5.17. The molecule has 0 atom stereocenters. The Morgan fingerprint density at radius 3 is 2.75 bits per heavy atom. The lowest BCUT2D eigenvalue weighted by atomic mass is 10.1. The number of H-pyrrole nitrogens is 1. The van der Waals surface area contributed by atoms with E-state index in [0.29, 0.717) is 6.42 Å². The Balaban J connectivity index is 1.88. The quantitative estimate of drug-likeness (QED) is 0.760. The van der Waals surface area contributed by atoms with Crippen molar-refractivity contribution in [3.05, 3.63) is 48.7 Å². The third-order valence-electron chi connectivity index (χ3n) is 3.19. The maximum atomic E-state index is 11.3. The van der Waals surface area contributed by atoms with Gasteiger partial charge in [-0.15, -0.1) is 0 Å². The number of aromatic amines is 1. The normalized spacial score (nSPS) is 10.7. The van der Waals surface area contributed by atoms with Crippen LogP contribution in [0.15, 0.2) is 48.7 Å². The molecule has 0 aliphatic rings. The molecule has 0 aliphatic heterocycles. The standard InChI is InChI=1S/C16H15N3O/c1-2-15(20)18-13-7-5-11(6-8-13)14-10-12-4-3-9-17-16(12)19-14/h3-10H,2H2,1H3,(H,17,19)(H,18,20). The summed E-state index contributed by atoms with van der Waals surface area (Å²) in [6.45, 7) is 1.83. The fraction of sp³-hybridized carbons (Fsp3) is 0.125. The average molecular weight is 265 g/mol. The molecule has 0 spiro atoms. The summed E-state index contributed by atoms with van der Waals surface area (Å²) in [4.78, 5) is 18.9. The molecule has 2 aromatic heterocycles. The molecule has 0 saturated heterocycles. The molecular weight excluding hydrogens is 250 g/mol. The summed E-state index contributed by atoms with van der Waals surface area (Å²) in [6.07, 6.45) is 2.25. The lowest BCUT2D eigenvalue weighted by molar-refractivity contribution is -0.115. The monoisotopic (exact) mass is 265 g/mol. The Bertz CT molecular complexity index is 711. The van der Waals surface area contributed by atoms with Crippen LogP contribution in [0.2, 0.25) is 0 Å². The van der Waals surface area contributed by atoms with Gasteiger partial charge < -0.3 is 10.3 Å². The summed E-state index contributed by atoms with van der Waals surface area (Å²) in [7, 11) is 0. The van der Waals surface area contributed by atoms with Crippen molar-refractivity contribution in [3.8, 4) is 11.3 Å². The number of hydrogen-bond donors (Lipinski definition) is 2. The third-order valence-corrected chi connectivity index (χ3v) is 3.19. The van der Waals surface area contributed by atoms with E-state index in [1.54, 1.807) is 6.20 Å². The van der Waals surface area contributed by atoms with E-state index < -0.39 is 0 Å². The van der Waals surface area contributed by atoms with Gasteiger partial charge in [0.2, 0.25) is 5.91 Å². The van der Waals surface area contributed by atoms with E-state index >= 15 is 0 Å². The van der Waals surface area contributed by atoms with Crippen LogP contribution in [-0.4, -0.2) is 15.9 Å².